The average molecular weight is 220 g/mol. The molecular weight excluding hydrogens is 204 g/mol. The molecule has 1 aromatic rings. The summed E-state index contributed by atoms with van der Waals surface area (Å²) in [5, 5.41) is 0. The van der Waals surface area contributed by atoms with Crippen LogP contribution in [0, 0.1) is 12.8 Å². The fourth-order valence-electron chi connectivity index (χ4n) is 1.90. The molecule has 1 unspecified atom stereocenters. The highest BCUT2D eigenvalue weighted by Crippen LogP contribution is 2.28. The van der Waals surface area contributed by atoms with E-state index < -0.39 is 0 Å². The Morgan fingerprint density at radius 3 is 2.67 bits per heavy atom. The zero-order chi connectivity index (χ0) is 10.7. The van der Waals surface area contributed by atoms with Crippen LogP contribution in [0.1, 0.15) is 24.8 Å². The van der Waals surface area contributed by atoms with E-state index in [-0.39, 0.29) is 0 Å². The van der Waals surface area contributed by atoms with Crippen LogP contribution in [0.3, 0.4) is 0 Å². The van der Waals surface area contributed by atoms with Crippen molar-refractivity contribution in [3.8, 4) is 0 Å². The molecule has 1 saturated carbocycles. The highest BCUT2D eigenvalue weighted by Gasteiger charge is 2.23. The van der Waals surface area contributed by atoms with Crippen molar-refractivity contribution in [1.29, 1.82) is 0 Å². The Morgan fingerprint density at radius 2 is 2.07 bits per heavy atom. The largest absolute Gasteiger partial charge is 0.299 e. The Hall–Kier alpha value is -0.760. The molecule has 80 valence electrons. The van der Waals surface area contributed by atoms with Crippen LogP contribution in [0.4, 0.5) is 0 Å². The van der Waals surface area contributed by atoms with E-state index in [0.29, 0.717) is 11.7 Å². The van der Waals surface area contributed by atoms with Gasteiger partial charge in [0.25, 0.3) is 0 Å². The van der Waals surface area contributed by atoms with E-state index in [9.17, 15) is 4.79 Å². The predicted molar refractivity (Wildman–Crippen MR) is 64.3 cm³/mol. The van der Waals surface area contributed by atoms with Crippen LogP contribution in [0.25, 0.3) is 0 Å². The summed E-state index contributed by atoms with van der Waals surface area (Å²) in [5.74, 6) is 1.74. The van der Waals surface area contributed by atoms with Gasteiger partial charge in [0.15, 0.2) is 0 Å². The first-order valence-corrected chi connectivity index (χ1v) is 6.46. The van der Waals surface area contributed by atoms with Gasteiger partial charge in [-0.2, -0.15) is 0 Å². The monoisotopic (exact) mass is 220 g/mol. The number of aryl methyl sites for hydroxylation is 1. The summed E-state index contributed by atoms with van der Waals surface area (Å²) in [6.07, 6.45) is 2.99. The number of ketones is 1. The summed E-state index contributed by atoms with van der Waals surface area (Å²) in [6.45, 7) is 2.09. The zero-order valence-electron chi connectivity index (χ0n) is 9.03. The second-order valence-corrected chi connectivity index (χ2v) is 5.27. The fraction of sp³-hybridized carbons (Fsp3) is 0.462. The van der Waals surface area contributed by atoms with Crippen LogP contribution < -0.4 is 0 Å². The summed E-state index contributed by atoms with van der Waals surface area (Å²) in [5.41, 5.74) is 1.29. The van der Waals surface area contributed by atoms with Crippen molar-refractivity contribution in [3.05, 3.63) is 29.8 Å². The molecule has 1 nitrogen and oxygen atoms in total. The number of carbonyl (C=O) groups is 1. The minimum atomic E-state index is 0.316. The molecule has 0 bridgehead atoms. The Bertz CT molecular complexity index is 342. The van der Waals surface area contributed by atoms with Crippen LogP contribution in [0.5, 0.6) is 0 Å². The second kappa shape index (κ2) is 4.84. The fourth-order valence-corrected chi connectivity index (χ4v) is 2.97. The zero-order valence-corrected chi connectivity index (χ0v) is 9.85. The molecule has 1 aromatic carbocycles. The molecule has 1 fully saturated rings. The standard InChI is InChI=1S/C13H16OS/c1-10-5-7-12(8-6-10)15-9-11-3-2-4-13(11)14/h5-8,11H,2-4,9H2,1H3. The Balaban J connectivity index is 1.87. The van der Waals surface area contributed by atoms with Crippen LogP contribution in [-0.4, -0.2) is 11.5 Å². The van der Waals surface area contributed by atoms with Gasteiger partial charge in [-0.15, -0.1) is 11.8 Å². The van der Waals surface area contributed by atoms with Crippen molar-refractivity contribution in [2.24, 2.45) is 5.92 Å². The topological polar surface area (TPSA) is 17.1 Å². The van der Waals surface area contributed by atoms with Gasteiger partial charge in [-0.3, -0.25) is 4.79 Å². The normalized spacial score (nSPS) is 20.9. The van der Waals surface area contributed by atoms with E-state index in [1.807, 2.05) is 11.8 Å². The first-order chi connectivity index (χ1) is 7.25. The molecule has 1 aliphatic rings. The second-order valence-electron chi connectivity index (χ2n) is 4.18. The number of carbonyl (C=O) groups excluding carboxylic acids is 1. The maximum absolute atomic E-state index is 11.4. The van der Waals surface area contributed by atoms with Crippen LogP contribution in [0.15, 0.2) is 29.2 Å². The summed E-state index contributed by atoms with van der Waals surface area (Å²) in [7, 11) is 0. The molecule has 1 atom stereocenters. The van der Waals surface area contributed by atoms with E-state index in [2.05, 4.69) is 31.2 Å². The third kappa shape index (κ3) is 2.85. The molecule has 0 heterocycles. The van der Waals surface area contributed by atoms with E-state index in [4.69, 9.17) is 0 Å². The molecule has 0 aliphatic heterocycles. The minimum absolute atomic E-state index is 0.316. The molecule has 15 heavy (non-hydrogen) atoms. The molecule has 2 rings (SSSR count). The van der Waals surface area contributed by atoms with Gasteiger partial charge in [-0.25, -0.2) is 0 Å². The number of hydrogen-bond donors (Lipinski definition) is 0. The Kier molecular flexibility index (Phi) is 3.47. The van der Waals surface area contributed by atoms with Crippen LogP contribution >= 0.6 is 11.8 Å². The summed E-state index contributed by atoms with van der Waals surface area (Å²) >= 11 is 1.81. The summed E-state index contributed by atoms with van der Waals surface area (Å²) in [6, 6.07) is 8.52. The van der Waals surface area contributed by atoms with Crippen molar-refractivity contribution in [2.45, 2.75) is 31.1 Å². The first-order valence-electron chi connectivity index (χ1n) is 5.48. The third-order valence-corrected chi connectivity index (χ3v) is 4.08. The number of thioether (sulfide) groups is 1. The highest BCUT2D eigenvalue weighted by molar-refractivity contribution is 7.99. The third-order valence-electron chi connectivity index (χ3n) is 2.90. The summed E-state index contributed by atoms with van der Waals surface area (Å²) < 4.78 is 0. The smallest absolute Gasteiger partial charge is 0.136 e. The number of rotatable bonds is 3. The van der Waals surface area contributed by atoms with Gasteiger partial charge >= 0.3 is 0 Å². The van der Waals surface area contributed by atoms with Gasteiger partial charge in [-0.1, -0.05) is 17.7 Å². The lowest BCUT2D eigenvalue weighted by Gasteiger charge is -2.07. The Morgan fingerprint density at radius 1 is 1.33 bits per heavy atom. The van der Waals surface area contributed by atoms with E-state index >= 15 is 0 Å². The van der Waals surface area contributed by atoms with Crippen molar-refractivity contribution in [1.82, 2.24) is 0 Å². The summed E-state index contributed by atoms with van der Waals surface area (Å²) in [4.78, 5) is 12.7. The first kappa shape index (κ1) is 10.7. The van der Waals surface area contributed by atoms with Crippen molar-refractivity contribution in [3.63, 3.8) is 0 Å². The average Bonchev–Trinajstić information content (AvgIpc) is 2.63. The lowest BCUT2D eigenvalue weighted by molar-refractivity contribution is -0.120. The molecule has 0 amide bonds. The molecule has 0 saturated heterocycles. The molecule has 1 aliphatic carbocycles. The van der Waals surface area contributed by atoms with E-state index in [1.165, 1.54) is 10.5 Å². The van der Waals surface area contributed by atoms with Gasteiger partial charge < -0.3 is 0 Å². The van der Waals surface area contributed by atoms with Gasteiger partial charge in [0.1, 0.15) is 5.78 Å². The van der Waals surface area contributed by atoms with Crippen molar-refractivity contribution < 1.29 is 4.79 Å². The number of benzene rings is 1. The maximum atomic E-state index is 11.4. The van der Waals surface area contributed by atoms with Crippen LogP contribution in [0.2, 0.25) is 0 Å². The molecule has 0 N–H and O–H groups in total. The molecule has 2 heteroatoms. The lowest BCUT2D eigenvalue weighted by atomic mass is 10.1. The molecule has 0 radical (unpaired) electrons. The Labute approximate surface area is 95.3 Å². The lowest BCUT2D eigenvalue weighted by Crippen LogP contribution is -2.08. The van der Waals surface area contributed by atoms with Gasteiger partial charge in [0.2, 0.25) is 0 Å². The van der Waals surface area contributed by atoms with Gasteiger partial charge in [0.05, 0.1) is 0 Å². The SMILES string of the molecule is Cc1ccc(SCC2CCCC2=O)cc1. The molecular formula is C13H16OS. The van der Waals surface area contributed by atoms with Crippen molar-refractivity contribution in [2.75, 3.05) is 5.75 Å². The number of Topliss-reactive ketones (excluding diaryl/α,β-unsaturated/α-hetero) is 1. The molecule has 0 spiro atoms. The molecule has 0 aromatic heterocycles. The maximum Gasteiger partial charge on any atom is 0.136 e. The highest BCUT2D eigenvalue weighted by atomic mass is 32.2. The van der Waals surface area contributed by atoms with Crippen LogP contribution in [-0.2, 0) is 4.79 Å². The number of hydrogen-bond acceptors (Lipinski definition) is 2. The van der Waals surface area contributed by atoms with Crippen molar-refractivity contribution >= 4 is 17.5 Å². The van der Waals surface area contributed by atoms with E-state index in [1.54, 1.807) is 0 Å². The van der Waals surface area contributed by atoms with E-state index in [0.717, 1.165) is 25.0 Å². The quantitative estimate of drug-likeness (QED) is 0.726. The van der Waals surface area contributed by atoms with Gasteiger partial charge in [-0.05, 0) is 31.9 Å². The predicted octanol–water partition coefficient (Wildman–Crippen LogP) is 3.46. The minimum Gasteiger partial charge on any atom is -0.299 e. The van der Waals surface area contributed by atoms with Gasteiger partial charge in [0, 0.05) is 23.0 Å².